The highest BCUT2D eigenvalue weighted by molar-refractivity contribution is 5.98. The van der Waals surface area contributed by atoms with Gasteiger partial charge in [0.25, 0.3) is 0 Å². The van der Waals surface area contributed by atoms with Gasteiger partial charge in [-0.15, -0.1) is 0 Å². The third-order valence-electron chi connectivity index (χ3n) is 2.27. The highest BCUT2D eigenvalue weighted by Crippen LogP contribution is 2.19. The lowest BCUT2D eigenvalue weighted by Crippen LogP contribution is -2.30. The molecule has 0 aliphatic carbocycles. The van der Waals surface area contributed by atoms with Crippen LogP contribution in [0.4, 0.5) is 14.6 Å². The van der Waals surface area contributed by atoms with E-state index in [2.05, 4.69) is 26.5 Å². The summed E-state index contributed by atoms with van der Waals surface area (Å²) >= 11 is 0. The summed E-state index contributed by atoms with van der Waals surface area (Å²) < 4.78 is 28.3. The van der Waals surface area contributed by atoms with Crippen LogP contribution in [0, 0.1) is 5.92 Å². The minimum absolute atomic E-state index is 0.0118. The molecule has 0 N–H and O–H groups in total. The Labute approximate surface area is 110 Å². The molecule has 0 atom stereocenters. The maximum atomic E-state index is 12.0. The van der Waals surface area contributed by atoms with Crippen LogP contribution < -0.4 is 9.75 Å². The number of hydrogen-bond acceptors (Lipinski definition) is 4. The van der Waals surface area contributed by atoms with Gasteiger partial charge in [0.05, 0.1) is 6.20 Å². The van der Waals surface area contributed by atoms with E-state index in [0.717, 1.165) is 0 Å². The number of hydrazone groups is 1. The first-order valence-corrected chi connectivity index (χ1v) is 5.64. The van der Waals surface area contributed by atoms with E-state index in [0.29, 0.717) is 11.7 Å². The van der Waals surface area contributed by atoms with Crippen molar-refractivity contribution in [2.24, 2.45) is 16.0 Å². The number of alkyl halides is 2. The molecule has 0 amide bonds. The fraction of sp³-hybridized carbons (Fsp3) is 0.417. The Hall–Kier alpha value is -2.05. The Morgan fingerprint density at radius 1 is 1.42 bits per heavy atom. The second-order valence-electron chi connectivity index (χ2n) is 3.92. The maximum Gasteiger partial charge on any atom is 0.387 e. The molecule has 0 aliphatic heterocycles. The number of anilines is 1. The van der Waals surface area contributed by atoms with Crippen LogP contribution in [0.1, 0.15) is 13.8 Å². The smallest absolute Gasteiger partial charge is 0.387 e. The molecule has 0 fully saturated rings. The van der Waals surface area contributed by atoms with Crippen molar-refractivity contribution in [3.63, 3.8) is 0 Å². The van der Waals surface area contributed by atoms with Gasteiger partial charge in [0, 0.05) is 19.7 Å². The van der Waals surface area contributed by atoms with Gasteiger partial charge in [-0.25, -0.2) is 9.99 Å². The molecule has 19 heavy (non-hydrogen) atoms. The van der Waals surface area contributed by atoms with Crippen molar-refractivity contribution in [2.45, 2.75) is 20.5 Å². The third-order valence-corrected chi connectivity index (χ3v) is 2.27. The van der Waals surface area contributed by atoms with E-state index < -0.39 is 6.61 Å². The number of nitrogens with zero attached hydrogens (tertiary/aromatic N) is 4. The second-order valence-corrected chi connectivity index (χ2v) is 3.92. The molecule has 0 unspecified atom stereocenters. The Morgan fingerprint density at radius 3 is 2.47 bits per heavy atom. The summed E-state index contributed by atoms with van der Waals surface area (Å²) in [5.74, 6) is 1.22. The first kappa shape index (κ1) is 15.0. The topological polar surface area (TPSA) is 50.1 Å². The van der Waals surface area contributed by atoms with Crippen molar-refractivity contribution in [2.75, 3.05) is 12.1 Å². The average Bonchev–Trinajstić information content (AvgIpc) is 2.35. The summed E-state index contributed by atoms with van der Waals surface area (Å²) in [6, 6.07) is 2.90. The lowest BCUT2D eigenvalue weighted by atomic mass is 10.2. The summed E-state index contributed by atoms with van der Waals surface area (Å²) in [6.07, 6.45) is 1.20. The number of halogens is 2. The van der Waals surface area contributed by atoms with E-state index in [4.69, 9.17) is 0 Å². The molecule has 0 aromatic carbocycles. The predicted molar refractivity (Wildman–Crippen MR) is 71.1 cm³/mol. The van der Waals surface area contributed by atoms with E-state index in [1.54, 1.807) is 7.05 Å². The Morgan fingerprint density at radius 2 is 2.11 bits per heavy atom. The van der Waals surface area contributed by atoms with Crippen LogP contribution >= 0.6 is 0 Å². The molecule has 1 aromatic heterocycles. The summed E-state index contributed by atoms with van der Waals surface area (Å²) in [7, 11) is 1.64. The number of ether oxygens (including phenoxy) is 1. The molecule has 0 bridgehead atoms. The molecular formula is C12H16F2N4O. The molecular weight excluding hydrogens is 254 g/mol. The largest absolute Gasteiger partial charge is 0.433 e. The van der Waals surface area contributed by atoms with Gasteiger partial charge in [0.1, 0.15) is 11.6 Å². The van der Waals surface area contributed by atoms with Crippen molar-refractivity contribution in [3.8, 4) is 5.75 Å². The second kappa shape index (κ2) is 6.77. The van der Waals surface area contributed by atoms with Gasteiger partial charge >= 0.3 is 6.61 Å². The fourth-order valence-corrected chi connectivity index (χ4v) is 1.53. The minimum atomic E-state index is -2.87. The van der Waals surface area contributed by atoms with E-state index >= 15 is 0 Å². The zero-order chi connectivity index (χ0) is 14.4. The Kier molecular flexibility index (Phi) is 5.35. The lowest BCUT2D eigenvalue weighted by Gasteiger charge is -2.21. The van der Waals surface area contributed by atoms with Crippen LogP contribution in [0.25, 0.3) is 0 Å². The predicted octanol–water partition coefficient (Wildman–Crippen LogP) is 2.79. The van der Waals surface area contributed by atoms with Crippen LogP contribution in [0.3, 0.4) is 0 Å². The van der Waals surface area contributed by atoms with Gasteiger partial charge in [0.15, 0.2) is 5.82 Å². The standard InChI is InChI=1S/C12H16F2N4O/c1-8(2)11(15-3)18(16-4)10-6-5-9(7-17-10)19-12(13)14/h5-8,12H,4H2,1-3H3. The molecule has 104 valence electrons. The number of rotatable bonds is 5. The minimum Gasteiger partial charge on any atom is -0.433 e. The van der Waals surface area contributed by atoms with Crippen molar-refractivity contribution in [1.29, 1.82) is 0 Å². The molecule has 0 spiro atoms. The van der Waals surface area contributed by atoms with Crippen LogP contribution in [0.5, 0.6) is 5.75 Å². The van der Waals surface area contributed by atoms with E-state index in [1.165, 1.54) is 23.3 Å². The van der Waals surface area contributed by atoms with Crippen molar-refractivity contribution in [3.05, 3.63) is 18.3 Å². The number of aliphatic imine (C=N–C) groups is 1. The number of pyridine rings is 1. The normalized spacial score (nSPS) is 11.8. The summed E-state index contributed by atoms with van der Waals surface area (Å²) in [5, 5.41) is 5.30. The quantitative estimate of drug-likeness (QED) is 0.469. The van der Waals surface area contributed by atoms with Gasteiger partial charge in [-0.2, -0.15) is 13.9 Å². The molecule has 7 heteroatoms. The van der Waals surface area contributed by atoms with E-state index in [-0.39, 0.29) is 11.7 Å². The first-order valence-electron chi connectivity index (χ1n) is 5.64. The molecule has 0 saturated carbocycles. The van der Waals surface area contributed by atoms with Gasteiger partial charge < -0.3 is 4.74 Å². The molecule has 0 aliphatic rings. The Balaban J connectivity index is 2.97. The number of amidine groups is 1. The highest BCUT2D eigenvalue weighted by atomic mass is 19.3. The number of aromatic nitrogens is 1. The molecule has 1 heterocycles. The third kappa shape index (κ3) is 3.97. The van der Waals surface area contributed by atoms with Crippen molar-refractivity contribution < 1.29 is 13.5 Å². The van der Waals surface area contributed by atoms with Crippen molar-refractivity contribution >= 4 is 18.4 Å². The molecule has 0 radical (unpaired) electrons. The summed E-state index contributed by atoms with van der Waals surface area (Å²) in [4.78, 5) is 8.13. The van der Waals surface area contributed by atoms with Crippen LogP contribution in [0.15, 0.2) is 28.4 Å². The first-order chi connectivity index (χ1) is 8.99. The van der Waals surface area contributed by atoms with Crippen LogP contribution in [0.2, 0.25) is 0 Å². The average molecular weight is 270 g/mol. The van der Waals surface area contributed by atoms with E-state index in [9.17, 15) is 8.78 Å². The van der Waals surface area contributed by atoms with Gasteiger partial charge in [0.2, 0.25) is 0 Å². The maximum absolute atomic E-state index is 12.0. The molecule has 1 aromatic rings. The fourth-order valence-electron chi connectivity index (χ4n) is 1.53. The molecule has 1 rings (SSSR count). The monoisotopic (exact) mass is 270 g/mol. The van der Waals surface area contributed by atoms with Gasteiger partial charge in [-0.05, 0) is 12.1 Å². The Bertz CT molecular complexity index is 446. The van der Waals surface area contributed by atoms with Crippen LogP contribution in [-0.4, -0.2) is 31.2 Å². The van der Waals surface area contributed by atoms with Crippen LogP contribution in [-0.2, 0) is 0 Å². The van der Waals surface area contributed by atoms with Gasteiger partial charge in [-0.1, -0.05) is 13.8 Å². The van der Waals surface area contributed by atoms with Crippen molar-refractivity contribution in [1.82, 2.24) is 4.98 Å². The zero-order valence-corrected chi connectivity index (χ0v) is 11.0. The zero-order valence-electron chi connectivity index (χ0n) is 11.0. The van der Waals surface area contributed by atoms with E-state index in [1.807, 2.05) is 13.8 Å². The SMILES string of the molecule is C=NN(C(=NC)C(C)C)c1ccc(OC(F)F)cn1. The summed E-state index contributed by atoms with van der Waals surface area (Å²) in [5.41, 5.74) is 0. The van der Waals surface area contributed by atoms with Gasteiger partial charge in [-0.3, -0.25) is 4.99 Å². The summed E-state index contributed by atoms with van der Waals surface area (Å²) in [6.45, 7) is 4.50. The number of hydrogen-bond donors (Lipinski definition) is 0. The molecule has 0 saturated heterocycles. The highest BCUT2D eigenvalue weighted by Gasteiger charge is 2.16. The lowest BCUT2D eigenvalue weighted by molar-refractivity contribution is -0.0500. The molecule has 5 nitrogen and oxygen atoms in total.